The molecule has 3 aromatic rings. The number of rotatable bonds is 6. The van der Waals surface area contributed by atoms with Crippen molar-refractivity contribution >= 4 is 35.2 Å². The summed E-state index contributed by atoms with van der Waals surface area (Å²) in [6.07, 6.45) is 1.47. The number of aryl methyl sites for hydroxylation is 1. The van der Waals surface area contributed by atoms with Gasteiger partial charge in [-0.25, -0.2) is 4.68 Å². The quantitative estimate of drug-likeness (QED) is 0.457. The number of benzene rings is 2. The highest BCUT2D eigenvalue weighted by molar-refractivity contribution is 6.32. The molecule has 0 saturated carbocycles. The molecule has 0 unspecified atom stereocenters. The Balaban J connectivity index is 1.80. The second-order valence-corrected chi connectivity index (χ2v) is 7.14. The number of amides is 1. The number of carbonyl (C=O) groups excluding carboxylic acids is 1. The lowest BCUT2D eigenvalue weighted by atomic mass is 10.1. The Labute approximate surface area is 179 Å². The largest absolute Gasteiger partial charge is 0.347 e. The molecule has 29 heavy (non-hydrogen) atoms. The minimum Gasteiger partial charge on any atom is -0.347 e. The Morgan fingerprint density at radius 3 is 2.55 bits per heavy atom. The Kier molecular flexibility index (Phi) is 6.71. The average molecular weight is 425 g/mol. The first-order valence-corrected chi connectivity index (χ1v) is 9.65. The summed E-state index contributed by atoms with van der Waals surface area (Å²) in [5.74, 6) is -0.467. The van der Waals surface area contributed by atoms with Gasteiger partial charge in [0, 0.05) is 17.1 Å². The van der Waals surface area contributed by atoms with Crippen LogP contribution >= 0.6 is 23.2 Å². The Morgan fingerprint density at radius 2 is 1.86 bits per heavy atom. The van der Waals surface area contributed by atoms with E-state index >= 15 is 0 Å². The van der Waals surface area contributed by atoms with Gasteiger partial charge in [0.25, 0.3) is 5.91 Å². The summed E-state index contributed by atoms with van der Waals surface area (Å²) in [7, 11) is 0. The number of carbonyl (C=O) groups is 1. The van der Waals surface area contributed by atoms with Gasteiger partial charge in [0.1, 0.15) is 16.8 Å². The van der Waals surface area contributed by atoms with Crippen molar-refractivity contribution in [2.45, 2.75) is 20.0 Å². The van der Waals surface area contributed by atoms with Crippen LogP contribution in [-0.2, 0) is 17.9 Å². The van der Waals surface area contributed by atoms with E-state index in [1.165, 1.54) is 6.08 Å². The number of aromatic nitrogens is 2. The third kappa shape index (κ3) is 5.05. The van der Waals surface area contributed by atoms with Crippen LogP contribution in [0.5, 0.6) is 0 Å². The highest BCUT2D eigenvalue weighted by atomic mass is 35.5. The van der Waals surface area contributed by atoms with Crippen LogP contribution in [-0.4, -0.2) is 15.7 Å². The number of nitriles is 1. The summed E-state index contributed by atoms with van der Waals surface area (Å²) in [5, 5.41) is 17.6. The highest BCUT2D eigenvalue weighted by Crippen LogP contribution is 2.25. The molecule has 0 atom stereocenters. The molecular weight excluding hydrogens is 407 g/mol. The summed E-state index contributed by atoms with van der Waals surface area (Å²) >= 11 is 12.7. The maximum absolute atomic E-state index is 12.4. The van der Waals surface area contributed by atoms with E-state index in [0.29, 0.717) is 34.5 Å². The average Bonchev–Trinajstić information content (AvgIpc) is 2.99. The SMILES string of the molecule is Cc1nn(Cc2ccccc2Cl)c(Cl)c1/C=C(\C#N)C(=O)NCc1ccccc1. The van der Waals surface area contributed by atoms with Crippen molar-refractivity contribution in [3.63, 3.8) is 0 Å². The molecule has 1 aromatic heterocycles. The van der Waals surface area contributed by atoms with Gasteiger partial charge in [0.15, 0.2) is 0 Å². The fourth-order valence-corrected chi connectivity index (χ4v) is 3.27. The Morgan fingerprint density at radius 1 is 1.17 bits per heavy atom. The van der Waals surface area contributed by atoms with E-state index in [1.807, 2.05) is 54.6 Å². The fraction of sp³-hybridized carbons (Fsp3) is 0.136. The zero-order chi connectivity index (χ0) is 20.8. The Hall–Kier alpha value is -3.07. The molecular formula is C22H18Cl2N4O. The van der Waals surface area contributed by atoms with Crippen LogP contribution < -0.4 is 5.32 Å². The van der Waals surface area contributed by atoms with Crippen LogP contribution in [0.15, 0.2) is 60.2 Å². The van der Waals surface area contributed by atoms with E-state index < -0.39 is 5.91 Å². The molecule has 1 amide bonds. The molecule has 0 aliphatic heterocycles. The number of hydrogen-bond acceptors (Lipinski definition) is 3. The van der Waals surface area contributed by atoms with Gasteiger partial charge < -0.3 is 5.32 Å². The zero-order valence-corrected chi connectivity index (χ0v) is 17.2. The van der Waals surface area contributed by atoms with E-state index in [-0.39, 0.29) is 5.57 Å². The summed E-state index contributed by atoms with van der Waals surface area (Å²) in [5.41, 5.74) is 2.93. The summed E-state index contributed by atoms with van der Waals surface area (Å²) in [4.78, 5) is 12.4. The van der Waals surface area contributed by atoms with Crippen LogP contribution in [0.2, 0.25) is 10.2 Å². The first-order chi connectivity index (χ1) is 14.0. The van der Waals surface area contributed by atoms with Crippen LogP contribution in [0.25, 0.3) is 6.08 Å². The smallest absolute Gasteiger partial charge is 0.262 e. The molecule has 0 radical (unpaired) electrons. The molecule has 1 N–H and O–H groups in total. The van der Waals surface area contributed by atoms with E-state index in [9.17, 15) is 10.1 Å². The van der Waals surface area contributed by atoms with E-state index in [2.05, 4.69) is 10.4 Å². The number of nitrogens with zero attached hydrogens (tertiary/aromatic N) is 3. The third-order valence-electron chi connectivity index (χ3n) is 4.34. The minimum atomic E-state index is -0.467. The third-order valence-corrected chi connectivity index (χ3v) is 5.10. The van der Waals surface area contributed by atoms with Crippen molar-refractivity contribution in [3.8, 4) is 6.07 Å². The van der Waals surface area contributed by atoms with E-state index in [0.717, 1.165) is 11.1 Å². The van der Waals surface area contributed by atoms with Crippen molar-refractivity contribution in [2.24, 2.45) is 0 Å². The summed E-state index contributed by atoms with van der Waals surface area (Å²) in [6, 6.07) is 18.8. The minimum absolute atomic E-state index is 0.0387. The van der Waals surface area contributed by atoms with Crippen LogP contribution in [0, 0.1) is 18.3 Å². The first-order valence-electron chi connectivity index (χ1n) is 8.90. The van der Waals surface area contributed by atoms with Gasteiger partial charge in [-0.05, 0) is 30.2 Å². The molecule has 146 valence electrons. The van der Waals surface area contributed by atoms with E-state index in [4.69, 9.17) is 23.2 Å². The Bertz CT molecular complexity index is 1100. The summed E-state index contributed by atoms with van der Waals surface area (Å²) < 4.78 is 1.60. The highest BCUT2D eigenvalue weighted by Gasteiger charge is 2.16. The second-order valence-electron chi connectivity index (χ2n) is 6.38. The zero-order valence-electron chi connectivity index (χ0n) is 15.7. The molecule has 1 heterocycles. The van der Waals surface area contributed by atoms with Crippen molar-refractivity contribution in [2.75, 3.05) is 0 Å². The lowest BCUT2D eigenvalue weighted by Crippen LogP contribution is -2.23. The van der Waals surface area contributed by atoms with Crippen molar-refractivity contribution in [3.05, 3.63) is 92.7 Å². The standard InChI is InChI=1S/C22H18Cl2N4O/c1-15-19(21(24)28(27-15)14-17-9-5-6-10-20(17)23)11-18(12-25)22(29)26-13-16-7-3-2-4-8-16/h2-11H,13-14H2,1H3,(H,26,29)/b18-11+. The summed E-state index contributed by atoms with van der Waals surface area (Å²) in [6.45, 7) is 2.49. The number of hydrogen-bond donors (Lipinski definition) is 1. The van der Waals surface area contributed by atoms with Crippen molar-refractivity contribution in [1.29, 1.82) is 5.26 Å². The lowest BCUT2D eigenvalue weighted by molar-refractivity contribution is -0.117. The molecule has 0 fully saturated rings. The predicted octanol–water partition coefficient (Wildman–Crippen LogP) is 4.77. The lowest BCUT2D eigenvalue weighted by Gasteiger charge is -2.06. The monoisotopic (exact) mass is 424 g/mol. The van der Waals surface area contributed by atoms with Gasteiger partial charge in [-0.3, -0.25) is 4.79 Å². The maximum Gasteiger partial charge on any atom is 0.262 e. The van der Waals surface area contributed by atoms with E-state index in [1.54, 1.807) is 17.7 Å². The van der Waals surface area contributed by atoms with Gasteiger partial charge in [0.2, 0.25) is 0 Å². The van der Waals surface area contributed by atoms with Crippen LogP contribution in [0.1, 0.15) is 22.4 Å². The first kappa shape index (κ1) is 20.7. The van der Waals surface area contributed by atoms with Crippen LogP contribution in [0.3, 0.4) is 0 Å². The number of halogens is 2. The fourth-order valence-electron chi connectivity index (χ4n) is 2.79. The molecule has 5 nitrogen and oxygen atoms in total. The molecule has 0 bridgehead atoms. The topological polar surface area (TPSA) is 70.7 Å². The van der Waals surface area contributed by atoms with Crippen molar-refractivity contribution in [1.82, 2.24) is 15.1 Å². The van der Waals surface area contributed by atoms with Gasteiger partial charge >= 0.3 is 0 Å². The molecule has 0 spiro atoms. The molecule has 0 aliphatic rings. The van der Waals surface area contributed by atoms with Gasteiger partial charge in [-0.15, -0.1) is 0 Å². The molecule has 3 rings (SSSR count). The normalized spacial score (nSPS) is 11.2. The molecule has 7 heteroatoms. The number of nitrogens with one attached hydrogen (secondary N) is 1. The van der Waals surface area contributed by atoms with Gasteiger partial charge in [-0.2, -0.15) is 10.4 Å². The molecule has 0 saturated heterocycles. The molecule has 0 aliphatic carbocycles. The van der Waals surface area contributed by atoms with Crippen LogP contribution in [0.4, 0.5) is 0 Å². The maximum atomic E-state index is 12.4. The predicted molar refractivity (Wildman–Crippen MR) is 114 cm³/mol. The van der Waals surface area contributed by atoms with Crippen molar-refractivity contribution < 1.29 is 4.79 Å². The molecule has 2 aromatic carbocycles. The van der Waals surface area contributed by atoms with Gasteiger partial charge in [-0.1, -0.05) is 71.7 Å². The van der Waals surface area contributed by atoms with Gasteiger partial charge in [0.05, 0.1) is 12.2 Å². The second kappa shape index (κ2) is 9.42.